The maximum Gasteiger partial charge on any atom is 0.225 e. The summed E-state index contributed by atoms with van der Waals surface area (Å²) < 4.78 is 0. The quantitative estimate of drug-likeness (QED) is 0.781. The van der Waals surface area contributed by atoms with E-state index in [1.807, 2.05) is 6.07 Å². The molecule has 1 saturated heterocycles. The lowest BCUT2D eigenvalue weighted by Crippen LogP contribution is -2.26. The van der Waals surface area contributed by atoms with Gasteiger partial charge in [-0.25, -0.2) is 19.9 Å². The van der Waals surface area contributed by atoms with Crippen LogP contribution < -0.4 is 10.2 Å². The van der Waals surface area contributed by atoms with Crippen LogP contribution in [-0.4, -0.2) is 36.4 Å². The molecule has 1 fully saturated rings. The van der Waals surface area contributed by atoms with E-state index in [9.17, 15) is 0 Å². The molecule has 0 aliphatic carbocycles. The minimum atomic E-state index is 0.0836. The van der Waals surface area contributed by atoms with E-state index < -0.39 is 0 Å². The summed E-state index contributed by atoms with van der Waals surface area (Å²) in [6.45, 7) is 0.899. The van der Waals surface area contributed by atoms with Gasteiger partial charge in [-0.1, -0.05) is 0 Å². The third kappa shape index (κ3) is 2.85. The zero-order valence-corrected chi connectivity index (χ0v) is 12.9. The van der Waals surface area contributed by atoms with E-state index in [2.05, 4.69) is 40.1 Å². The van der Waals surface area contributed by atoms with Gasteiger partial charge in [0.1, 0.15) is 11.5 Å². The van der Waals surface area contributed by atoms with Gasteiger partial charge in [-0.3, -0.25) is 9.97 Å². The highest BCUT2D eigenvalue weighted by Crippen LogP contribution is 2.36. The molecule has 3 aromatic heterocycles. The molecule has 0 spiro atoms. The highest BCUT2D eigenvalue weighted by Gasteiger charge is 2.31. The Morgan fingerprint density at radius 1 is 0.917 bits per heavy atom. The number of nitrogens with zero attached hydrogens (tertiary/aromatic N) is 7. The maximum atomic E-state index is 4.56. The molecule has 3 aromatic rings. The first-order valence-electron chi connectivity index (χ1n) is 7.79. The molecular weight excluding hydrogens is 304 g/mol. The SMILES string of the molecule is c1cnc(N2CCCC2c2nccnc2Nc2cnccn2)nc1. The van der Waals surface area contributed by atoms with Gasteiger partial charge < -0.3 is 10.2 Å². The Hall–Kier alpha value is -3.16. The van der Waals surface area contributed by atoms with Crippen LogP contribution in [0.25, 0.3) is 0 Å². The van der Waals surface area contributed by atoms with Gasteiger partial charge in [-0.2, -0.15) is 0 Å². The van der Waals surface area contributed by atoms with Crippen molar-refractivity contribution in [1.29, 1.82) is 0 Å². The van der Waals surface area contributed by atoms with Gasteiger partial charge >= 0.3 is 0 Å². The molecule has 1 unspecified atom stereocenters. The van der Waals surface area contributed by atoms with E-state index in [0.717, 1.165) is 31.0 Å². The Kier molecular flexibility index (Phi) is 3.93. The van der Waals surface area contributed by atoms with E-state index in [0.29, 0.717) is 11.6 Å². The summed E-state index contributed by atoms with van der Waals surface area (Å²) in [7, 11) is 0. The molecular formula is C16H16N8. The van der Waals surface area contributed by atoms with Gasteiger partial charge in [-0.05, 0) is 18.9 Å². The van der Waals surface area contributed by atoms with Gasteiger partial charge in [0.05, 0.1) is 12.2 Å². The van der Waals surface area contributed by atoms with Crippen molar-refractivity contribution in [2.75, 3.05) is 16.8 Å². The summed E-state index contributed by atoms with van der Waals surface area (Å²) in [4.78, 5) is 28.2. The van der Waals surface area contributed by atoms with Crippen LogP contribution in [-0.2, 0) is 0 Å². The van der Waals surface area contributed by atoms with Crippen molar-refractivity contribution in [2.24, 2.45) is 0 Å². The number of hydrogen-bond acceptors (Lipinski definition) is 8. The molecule has 0 amide bonds. The molecule has 1 aliphatic heterocycles. The molecule has 1 aliphatic rings. The Labute approximate surface area is 139 Å². The van der Waals surface area contributed by atoms with Crippen LogP contribution in [0.1, 0.15) is 24.6 Å². The molecule has 8 nitrogen and oxygen atoms in total. The molecule has 0 bridgehead atoms. The van der Waals surface area contributed by atoms with E-state index in [1.165, 1.54) is 0 Å². The fourth-order valence-electron chi connectivity index (χ4n) is 2.90. The molecule has 8 heteroatoms. The minimum absolute atomic E-state index is 0.0836. The van der Waals surface area contributed by atoms with Gasteiger partial charge in [0.25, 0.3) is 0 Å². The lowest BCUT2D eigenvalue weighted by molar-refractivity contribution is 0.677. The molecule has 4 rings (SSSR count). The largest absolute Gasteiger partial charge is 0.332 e. The summed E-state index contributed by atoms with van der Waals surface area (Å²) in [6.07, 6.45) is 13.9. The summed E-state index contributed by atoms with van der Waals surface area (Å²) in [6, 6.07) is 1.90. The van der Waals surface area contributed by atoms with Gasteiger partial charge in [0.15, 0.2) is 5.82 Å². The Morgan fingerprint density at radius 3 is 2.58 bits per heavy atom. The number of hydrogen-bond donors (Lipinski definition) is 1. The van der Waals surface area contributed by atoms with Crippen molar-refractivity contribution in [1.82, 2.24) is 29.9 Å². The fourth-order valence-corrected chi connectivity index (χ4v) is 2.90. The van der Waals surface area contributed by atoms with Gasteiger partial charge in [0.2, 0.25) is 5.95 Å². The zero-order chi connectivity index (χ0) is 16.2. The van der Waals surface area contributed by atoms with Crippen molar-refractivity contribution in [3.63, 3.8) is 0 Å². The average molecular weight is 320 g/mol. The van der Waals surface area contributed by atoms with Crippen molar-refractivity contribution in [3.8, 4) is 0 Å². The molecule has 120 valence electrons. The van der Waals surface area contributed by atoms with Gasteiger partial charge in [0, 0.05) is 43.7 Å². The second kappa shape index (κ2) is 6.53. The highest BCUT2D eigenvalue weighted by atomic mass is 15.3. The smallest absolute Gasteiger partial charge is 0.225 e. The molecule has 4 heterocycles. The summed E-state index contributed by atoms with van der Waals surface area (Å²) in [5.74, 6) is 2.04. The molecule has 24 heavy (non-hydrogen) atoms. The normalized spacial score (nSPS) is 17.0. The van der Waals surface area contributed by atoms with Crippen LogP contribution in [0.3, 0.4) is 0 Å². The Bertz CT molecular complexity index is 795. The summed E-state index contributed by atoms with van der Waals surface area (Å²) >= 11 is 0. The standard InChI is InChI=1S/C16H16N8/c1-3-12(24(10-1)16-21-4-2-5-22-16)14-15(20-9-8-19-14)23-13-11-17-6-7-18-13/h2,4-9,11-12H,1,3,10H2,(H,18,20,23). The van der Waals surface area contributed by atoms with Crippen LogP contribution in [0.4, 0.5) is 17.6 Å². The zero-order valence-electron chi connectivity index (χ0n) is 12.9. The molecule has 1 N–H and O–H groups in total. The molecule has 0 saturated carbocycles. The summed E-state index contributed by atoms with van der Waals surface area (Å²) in [5, 5.41) is 3.21. The molecule has 0 radical (unpaired) electrons. The molecule has 0 aromatic carbocycles. The fraction of sp³-hybridized carbons (Fsp3) is 0.250. The first kappa shape index (κ1) is 14.4. The number of nitrogens with one attached hydrogen (secondary N) is 1. The second-order valence-corrected chi connectivity index (χ2v) is 5.41. The Morgan fingerprint density at radius 2 is 1.75 bits per heavy atom. The predicted molar refractivity (Wildman–Crippen MR) is 88.7 cm³/mol. The Balaban J connectivity index is 1.66. The van der Waals surface area contributed by atoms with Crippen molar-refractivity contribution in [2.45, 2.75) is 18.9 Å². The first-order valence-corrected chi connectivity index (χ1v) is 7.79. The monoisotopic (exact) mass is 320 g/mol. The first-order chi connectivity index (χ1) is 11.9. The van der Waals surface area contributed by atoms with Crippen LogP contribution in [0.5, 0.6) is 0 Å². The van der Waals surface area contributed by atoms with Crippen molar-refractivity contribution < 1.29 is 0 Å². The molecule has 1 atom stereocenters. The average Bonchev–Trinajstić information content (AvgIpc) is 3.13. The third-order valence-corrected chi connectivity index (χ3v) is 3.91. The predicted octanol–water partition coefficient (Wildman–Crippen LogP) is 2.14. The number of anilines is 3. The van der Waals surface area contributed by atoms with Gasteiger partial charge in [-0.15, -0.1) is 0 Å². The van der Waals surface area contributed by atoms with Crippen LogP contribution >= 0.6 is 0 Å². The van der Waals surface area contributed by atoms with E-state index in [-0.39, 0.29) is 6.04 Å². The lowest BCUT2D eigenvalue weighted by atomic mass is 10.1. The summed E-state index contributed by atoms with van der Waals surface area (Å²) in [5.41, 5.74) is 0.869. The van der Waals surface area contributed by atoms with E-state index >= 15 is 0 Å². The minimum Gasteiger partial charge on any atom is -0.332 e. The second-order valence-electron chi connectivity index (χ2n) is 5.41. The topological polar surface area (TPSA) is 92.6 Å². The van der Waals surface area contributed by atoms with E-state index in [1.54, 1.807) is 43.4 Å². The van der Waals surface area contributed by atoms with Crippen molar-refractivity contribution in [3.05, 3.63) is 55.1 Å². The van der Waals surface area contributed by atoms with Crippen LogP contribution in [0.2, 0.25) is 0 Å². The number of rotatable bonds is 4. The van der Waals surface area contributed by atoms with Crippen LogP contribution in [0, 0.1) is 0 Å². The third-order valence-electron chi connectivity index (χ3n) is 3.91. The highest BCUT2D eigenvalue weighted by molar-refractivity contribution is 5.55. The number of aromatic nitrogens is 6. The maximum absolute atomic E-state index is 4.56. The van der Waals surface area contributed by atoms with E-state index in [4.69, 9.17) is 0 Å². The van der Waals surface area contributed by atoms with Crippen LogP contribution in [0.15, 0.2) is 49.4 Å². The lowest BCUT2D eigenvalue weighted by Gasteiger charge is -2.25. The van der Waals surface area contributed by atoms with Crippen molar-refractivity contribution >= 4 is 17.6 Å².